The Hall–Kier alpha value is -3.68. The van der Waals surface area contributed by atoms with Gasteiger partial charge in [0.15, 0.2) is 17.3 Å². The molecule has 0 spiro atoms. The van der Waals surface area contributed by atoms with Gasteiger partial charge in [-0.15, -0.1) is 0 Å². The predicted octanol–water partition coefficient (Wildman–Crippen LogP) is 4.78. The van der Waals surface area contributed by atoms with Crippen LogP contribution in [0, 0.1) is 15.5 Å². The molecule has 1 aliphatic heterocycles. The number of hydrogen-bond donors (Lipinski definition) is 0. The Balaban J connectivity index is 1.86. The van der Waals surface area contributed by atoms with Crippen LogP contribution in [0.3, 0.4) is 0 Å². The Labute approximate surface area is 191 Å². The summed E-state index contributed by atoms with van der Waals surface area (Å²) in [4.78, 5) is 39.0. The molecule has 1 heterocycles. The Morgan fingerprint density at radius 2 is 1.67 bits per heavy atom. The first-order valence-corrected chi connectivity index (χ1v) is 10.7. The highest BCUT2D eigenvalue weighted by Crippen LogP contribution is 2.49. The smallest absolute Gasteiger partial charge is 0.269 e. The molecule has 1 amide bonds. The van der Waals surface area contributed by atoms with E-state index in [1.165, 1.54) is 12.1 Å². The lowest BCUT2D eigenvalue weighted by Gasteiger charge is -2.43. The van der Waals surface area contributed by atoms with Crippen LogP contribution in [0.2, 0.25) is 0 Å². The lowest BCUT2D eigenvalue weighted by Crippen LogP contribution is -2.43. The molecule has 8 nitrogen and oxygen atoms in total. The lowest BCUT2D eigenvalue weighted by molar-refractivity contribution is -0.384. The monoisotopic (exact) mass is 450 g/mol. The summed E-state index contributed by atoms with van der Waals surface area (Å²) in [6.07, 6.45) is 1.04. The molecule has 0 saturated heterocycles. The summed E-state index contributed by atoms with van der Waals surface area (Å²) in [5.74, 6) is 0.561. The summed E-state index contributed by atoms with van der Waals surface area (Å²) in [6.45, 7) is 4.01. The summed E-state index contributed by atoms with van der Waals surface area (Å²) in [6, 6.07) is 11.3. The van der Waals surface area contributed by atoms with E-state index in [2.05, 4.69) is 0 Å². The number of hydrogen-bond acceptors (Lipinski definition) is 6. The summed E-state index contributed by atoms with van der Waals surface area (Å²) >= 11 is 0. The molecule has 1 atom stereocenters. The number of rotatable bonds is 5. The zero-order valence-corrected chi connectivity index (χ0v) is 19.1. The van der Waals surface area contributed by atoms with E-state index in [0.717, 1.165) is 5.56 Å². The molecule has 8 heteroatoms. The number of nitro groups is 1. The number of anilines is 1. The normalized spacial score (nSPS) is 19.9. The SMILES string of the molecule is COc1ccc(C2CC(=O)N(c3ccc([N+](=O)[O-])cc3)C3=C2C(=O)CC(C)(C)C3)cc1OC. The van der Waals surface area contributed by atoms with Gasteiger partial charge < -0.3 is 9.47 Å². The number of methoxy groups -OCH3 is 2. The maximum absolute atomic E-state index is 13.4. The Morgan fingerprint density at radius 1 is 1.00 bits per heavy atom. The van der Waals surface area contributed by atoms with Crippen molar-refractivity contribution < 1.29 is 24.0 Å². The van der Waals surface area contributed by atoms with E-state index in [4.69, 9.17) is 9.47 Å². The first-order chi connectivity index (χ1) is 15.6. The maximum Gasteiger partial charge on any atom is 0.269 e. The number of benzene rings is 2. The van der Waals surface area contributed by atoms with E-state index >= 15 is 0 Å². The van der Waals surface area contributed by atoms with E-state index in [0.29, 0.717) is 41.3 Å². The van der Waals surface area contributed by atoms with E-state index < -0.39 is 10.8 Å². The van der Waals surface area contributed by atoms with Crippen LogP contribution in [-0.4, -0.2) is 30.8 Å². The second kappa shape index (κ2) is 8.35. The van der Waals surface area contributed by atoms with Crippen LogP contribution in [0.1, 0.15) is 44.6 Å². The zero-order valence-electron chi connectivity index (χ0n) is 19.1. The van der Waals surface area contributed by atoms with E-state index in [1.807, 2.05) is 26.0 Å². The molecule has 0 bridgehead atoms. The fraction of sp³-hybridized carbons (Fsp3) is 0.360. The first-order valence-electron chi connectivity index (χ1n) is 10.7. The number of Topliss-reactive ketones (excluding diaryl/α,β-unsaturated/α-hetero) is 1. The number of non-ortho nitro benzene ring substituents is 1. The fourth-order valence-electron chi connectivity index (χ4n) is 4.79. The number of carbonyl (C=O) groups excluding carboxylic acids is 2. The van der Waals surface area contributed by atoms with Crippen molar-refractivity contribution in [2.24, 2.45) is 5.41 Å². The molecule has 0 saturated carbocycles. The van der Waals surface area contributed by atoms with Crippen molar-refractivity contribution in [3.63, 3.8) is 0 Å². The predicted molar refractivity (Wildman–Crippen MR) is 123 cm³/mol. The van der Waals surface area contributed by atoms with Crippen molar-refractivity contribution in [2.75, 3.05) is 19.1 Å². The number of allylic oxidation sites excluding steroid dienone is 2. The van der Waals surface area contributed by atoms with Crippen molar-refractivity contribution in [1.82, 2.24) is 0 Å². The summed E-state index contributed by atoms with van der Waals surface area (Å²) < 4.78 is 10.8. The third-order valence-corrected chi connectivity index (χ3v) is 6.27. The van der Waals surface area contributed by atoms with Crippen LogP contribution >= 0.6 is 0 Å². The molecule has 0 N–H and O–H groups in total. The van der Waals surface area contributed by atoms with Gasteiger partial charge in [-0.3, -0.25) is 24.6 Å². The number of nitrogens with zero attached hydrogens (tertiary/aromatic N) is 2. The standard InChI is InChI=1S/C25H26N2O6/c1-25(2)13-19-24(20(28)14-25)18(15-5-10-21(32-3)22(11-15)33-4)12-23(29)26(19)16-6-8-17(9-7-16)27(30)31/h5-11,18H,12-14H2,1-4H3. The molecule has 4 rings (SSSR count). The van der Waals surface area contributed by atoms with Crippen molar-refractivity contribution in [3.8, 4) is 11.5 Å². The molecular weight excluding hydrogens is 424 g/mol. The van der Waals surface area contributed by atoms with E-state index in [-0.39, 0.29) is 29.2 Å². The van der Waals surface area contributed by atoms with Crippen LogP contribution in [0.25, 0.3) is 0 Å². The highest BCUT2D eigenvalue weighted by molar-refractivity contribution is 6.07. The van der Waals surface area contributed by atoms with Gasteiger partial charge in [0.1, 0.15) is 0 Å². The van der Waals surface area contributed by atoms with Gasteiger partial charge in [-0.25, -0.2) is 0 Å². The van der Waals surface area contributed by atoms with Gasteiger partial charge in [-0.05, 0) is 41.7 Å². The molecule has 0 fully saturated rings. The van der Waals surface area contributed by atoms with Gasteiger partial charge in [0.05, 0.1) is 19.1 Å². The highest BCUT2D eigenvalue weighted by atomic mass is 16.6. The fourth-order valence-corrected chi connectivity index (χ4v) is 4.79. The van der Waals surface area contributed by atoms with Gasteiger partial charge >= 0.3 is 0 Å². The second-order valence-electron chi connectivity index (χ2n) is 9.18. The van der Waals surface area contributed by atoms with Gasteiger partial charge in [0.25, 0.3) is 5.69 Å². The summed E-state index contributed by atoms with van der Waals surface area (Å²) in [7, 11) is 3.10. The minimum absolute atomic E-state index is 0.0143. The van der Waals surface area contributed by atoms with Crippen molar-refractivity contribution >= 4 is 23.1 Å². The average Bonchev–Trinajstić information content (AvgIpc) is 2.77. The van der Waals surface area contributed by atoms with Crippen molar-refractivity contribution in [1.29, 1.82) is 0 Å². The first kappa shape index (κ1) is 22.5. The minimum Gasteiger partial charge on any atom is -0.493 e. The second-order valence-corrected chi connectivity index (χ2v) is 9.18. The van der Waals surface area contributed by atoms with Crippen molar-refractivity contribution in [2.45, 2.75) is 39.0 Å². The van der Waals surface area contributed by atoms with Gasteiger partial charge in [0.2, 0.25) is 5.91 Å². The van der Waals surface area contributed by atoms with E-state index in [1.54, 1.807) is 37.3 Å². The topological polar surface area (TPSA) is 99.0 Å². The maximum atomic E-state index is 13.4. The lowest BCUT2D eigenvalue weighted by atomic mass is 9.69. The number of ketones is 1. The molecule has 2 aromatic rings. The Kier molecular flexibility index (Phi) is 5.69. The van der Waals surface area contributed by atoms with Gasteiger partial charge in [0, 0.05) is 47.8 Å². The third kappa shape index (κ3) is 4.08. The molecule has 1 unspecified atom stereocenters. The molecule has 2 aliphatic rings. The molecular formula is C25H26N2O6. The minimum atomic E-state index is -0.479. The molecule has 1 aliphatic carbocycles. The quantitative estimate of drug-likeness (QED) is 0.480. The van der Waals surface area contributed by atoms with E-state index in [9.17, 15) is 19.7 Å². The summed E-state index contributed by atoms with van der Waals surface area (Å²) in [5, 5.41) is 11.1. The van der Waals surface area contributed by atoms with Crippen LogP contribution in [0.5, 0.6) is 11.5 Å². The Morgan fingerprint density at radius 3 is 2.27 bits per heavy atom. The highest BCUT2D eigenvalue weighted by Gasteiger charge is 2.44. The molecule has 0 radical (unpaired) electrons. The number of carbonyl (C=O) groups is 2. The molecule has 33 heavy (non-hydrogen) atoms. The number of ether oxygens (including phenoxy) is 2. The molecule has 0 aromatic heterocycles. The zero-order chi connectivity index (χ0) is 23.9. The van der Waals surface area contributed by atoms with Crippen molar-refractivity contribution in [3.05, 3.63) is 69.4 Å². The van der Waals surface area contributed by atoms with Crippen LogP contribution < -0.4 is 14.4 Å². The molecule has 172 valence electrons. The summed E-state index contributed by atoms with van der Waals surface area (Å²) in [5.41, 5.74) is 2.26. The largest absolute Gasteiger partial charge is 0.493 e. The average molecular weight is 450 g/mol. The van der Waals surface area contributed by atoms with Crippen LogP contribution in [0.4, 0.5) is 11.4 Å². The number of amides is 1. The van der Waals surface area contributed by atoms with Gasteiger partial charge in [-0.2, -0.15) is 0 Å². The molecule has 2 aromatic carbocycles. The van der Waals surface area contributed by atoms with Gasteiger partial charge in [-0.1, -0.05) is 19.9 Å². The number of nitro benzene ring substituents is 1. The third-order valence-electron chi connectivity index (χ3n) is 6.27. The Bertz CT molecular complexity index is 1170. The van der Waals surface area contributed by atoms with Crippen LogP contribution in [-0.2, 0) is 9.59 Å². The van der Waals surface area contributed by atoms with Crippen LogP contribution in [0.15, 0.2) is 53.7 Å².